The number of nitrogens with one attached hydrogen (secondary N) is 1. The smallest absolute Gasteiger partial charge is 0.139 e. The first-order chi connectivity index (χ1) is 8.75. The molecule has 0 heterocycles. The summed E-state index contributed by atoms with van der Waals surface area (Å²) in [5.74, 6) is 0.766. The highest BCUT2D eigenvalue weighted by atomic mass is 79.9. The summed E-state index contributed by atoms with van der Waals surface area (Å²) in [6, 6.07) is 6.50. The van der Waals surface area contributed by atoms with Gasteiger partial charge < -0.3 is 10.1 Å². The van der Waals surface area contributed by atoms with Crippen molar-refractivity contribution >= 4 is 27.5 Å². The zero-order chi connectivity index (χ0) is 12.8. The molecule has 1 N–H and O–H groups in total. The second-order valence-electron chi connectivity index (χ2n) is 4.71. The largest absolute Gasteiger partial charge is 0.492 e. The Balaban J connectivity index is 1.55. The monoisotopic (exact) mass is 331 g/mol. The van der Waals surface area contributed by atoms with Crippen molar-refractivity contribution in [2.75, 3.05) is 13.2 Å². The third-order valence-corrected chi connectivity index (χ3v) is 3.79. The molecule has 0 atom stereocenters. The predicted molar refractivity (Wildman–Crippen MR) is 79.5 cm³/mol. The van der Waals surface area contributed by atoms with Crippen LogP contribution >= 0.6 is 27.5 Å². The Bertz CT molecular complexity index is 382. The summed E-state index contributed by atoms with van der Waals surface area (Å²) in [5, 5.41) is 4.19. The van der Waals surface area contributed by atoms with Gasteiger partial charge in [0.05, 0.1) is 11.6 Å². The number of benzene rings is 1. The van der Waals surface area contributed by atoms with Gasteiger partial charge in [0.15, 0.2) is 0 Å². The lowest BCUT2D eigenvalue weighted by molar-refractivity contribution is 0.305. The van der Waals surface area contributed by atoms with E-state index in [1.807, 2.05) is 18.2 Å². The van der Waals surface area contributed by atoms with E-state index < -0.39 is 0 Å². The molecule has 2 rings (SSSR count). The van der Waals surface area contributed by atoms with Crippen molar-refractivity contribution < 1.29 is 4.74 Å². The van der Waals surface area contributed by atoms with E-state index in [1.54, 1.807) is 0 Å². The van der Waals surface area contributed by atoms with Gasteiger partial charge in [-0.25, -0.2) is 0 Å². The molecule has 0 spiro atoms. The van der Waals surface area contributed by atoms with Crippen LogP contribution in [0.25, 0.3) is 0 Å². The number of hydrogen-bond donors (Lipinski definition) is 1. The quantitative estimate of drug-likeness (QED) is 0.712. The predicted octanol–water partition coefficient (Wildman–Crippen LogP) is 4.40. The summed E-state index contributed by atoms with van der Waals surface area (Å²) in [6.45, 7) is 1.88. The molecule has 0 bridgehead atoms. The lowest BCUT2D eigenvalue weighted by Gasteiger charge is -2.08. The number of rotatable bonds is 8. The first-order valence-corrected chi connectivity index (χ1v) is 7.74. The van der Waals surface area contributed by atoms with Crippen molar-refractivity contribution in [2.24, 2.45) is 0 Å². The fourth-order valence-electron chi connectivity index (χ4n) is 1.77. The second kappa shape index (κ2) is 7.37. The van der Waals surface area contributed by atoms with Crippen molar-refractivity contribution in [2.45, 2.75) is 38.1 Å². The molecule has 0 unspecified atom stereocenters. The zero-order valence-corrected chi connectivity index (χ0v) is 12.8. The number of hydrogen-bond acceptors (Lipinski definition) is 2. The Morgan fingerprint density at radius 3 is 2.89 bits per heavy atom. The molecule has 0 aromatic heterocycles. The van der Waals surface area contributed by atoms with E-state index in [0.717, 1.165) is 35.8 Å². The third kappa shape index (κ3) is 5.17. The minimum Gasteiger partial charge on any atom is -0.492 e. The molecule has 18 heavy (non-hydrogen) atoms. The zero-order valence-electron chi connectivity index (χ0n) is 10.4. The standard InChI is InChI=1S/C14H19BrClNO/c15-11-4-7-13(16)14(10-11)18-9-3-1-2-8-17-12-5-6-12/h4,7,10,12,17H,1-3,5-6,8-9H2. The summed E-state index contributed by atoms with van der Waals surface area (Å²) in [4.78, 5) is 0. The van der Waals surface area contributed by atoms with Crippen molar-refractivity contribution in [3.05, 3.63) is 27.7 Å². The molecule has 1 fully saturated rings. The van der Waals surface area contributed by atoms with Crippen LogP contribution in [0.4, 0.5) is 0 Å². The van der Waals surface area contributed by atoms with E-state index in [2.05, 4.69) is 21.2 Å². The molecule has 0 amide bonds. The van der Waals surface area contributed by atoms with Crippen molar-refractivity contribution in [3.8, 4) is 5.75 Å². The lowest BCUT2D eigenvalue weighted by atomic mass is 10.2. The van der Waals surface area contributed by atoms with Gasteiger partial charge in [-0.15, -0.1) is 0 Å². The average Bonchev–Trinajstić information content (AvgIpc) is 3.16. The van der Waals surface area contributed by atoms with E-state index in [9.17, 15) is 0 Å². The SMILES string of the molecule is Clc1ccc(Br)cc1OCCCCCNC1CC1. The topological polar surface area (TPSA) is 21.3 Å². The molecule has 4 heteroatoms. The van der Waals surface area contributed by atoms with Crippen LogP contribution in [0.3, 0.4) is 0 Å². The number of unbranched alkanes of at least 4 members (excludes halogenated alkanes) is 2. The Hall–Kier alpha value is -0.250. The fraction of sp³-hybridized carbons (Fsp3) is 0.571. The Kier molecular flexibility index (Phi) is 5.80. The van der Waals surface area contributed by atoms with Crippen molar-refractivity contribution in [3.63, 3.8) is 0 Å². The van der Waals surface area contributed by atoms with E-state index in [4.69, 9.17) is 16.3 Å². The van der Waals surface area contributed by atoms with Gasteiger partial charge >= 0.3 is 0 Å². The van der Waals surface area contributed by atoms with Gasteiger partial charge in [0.1, 0.15) is 5.75 Å². The summed E-state index contributed by atoms with van der Waals surface area (Å²) in [6.07, 6.45) is 6.24. The van der Waals surface area contributed by atoms with Crippen LogP contribution < -0.4 is 10.1 Å². The van der Waals surface area contributed by atoms with Crippen molar-refractivity contribution in [1.82, 2.24) is 5.32 Å². The maximum Gasteiger partial charge on any atom is 0.139 e. The molecular formula is C14H19BrClNO. The maximum atomic E-state index is 6.04. The van der Waals surface area contributed by atoms with E-state index >= 15 is 0 Å². The second-order valence-corrected chi connectivity index (χ2v) is 6.04. The minimum absolute atomic E-state index is 0.675. The maximum absolute atomic E-state index is 6.04. The summed E-state index contributed by atoms with van der Waals surface area (Å²) in [5.41, 5.74) is 0. The summed E-state index contributed by atoms with van der Waals surface area (Å²) >= 11 is 9.46. The molecule has 1 aromatic carbocycles. The van der Waals surface area contributed by atoms with E-state index in [1.165, 1.54) is 25.7 Å². The Morgan fingerprint density at radius 2 is 2.11 bits per heavy atom. The highest BCUT2D eigenvalue weighted by molar-refractivity contribution is 9.10. The molecule has 2 nitrogen and oxygen atoms in total. The average molecular weight is 333 g/mol. The van der Waals surface area contributed by atoms with Gasteiger partial charge in [-0.3, -0.25) is 0 Å². The van der Waals surface area contributed by atoms with E-state index in [0.29, 0.717) is 5.02 Å². The van der Waals surface area contributed by atoms with Gasteiger partial charge in [0.2, 0.25) is 0 Å². The molecule has 0 aliphatic heterocycles. The van der Waals surface area contributed by atoms with Crippen LogP contribution in [0.2, 0.25) is 5.02 Å². The molecule has 1 saturated carbocycles. The summed E-state index contributed by atoms with van der Waals surface area (Å²) in [7, 11) is 0. The Labute approximate surface area is 122 Å². The van der Waals surface area contributed by atoms with Crippen LogP contribution in [0.5, 0.6) is 5.75 Å². The first kappa shape index (κ1) is 14.2. The highest BCUT2D eigenvalue weighted by Gasteiger charge is 2.19. The molecule has 0 radical (unpaired) electrons. The van der Waals surface area contributed by atoms with Crippen molar-refractivity contribution in [1.29, 1.82) is 0 Å². The van der Waals surface area contributed by atoms with Gasteiger partial charge in [0, 0.05) is 10.5 Å². The van der Waals surface area contributed by atoms with E-state index in [-0.39, 0.29) is 0 Å². The van der Waals surface area contributed by atoms with Gasteiger partial charge in [-0.05, 0) is 56.8 Å². The third-order valence-electron chi connectivity index (χ3n) is 2.98. The molecule has 100 valence electrons. The van der Waals surface area contributed by atoms with Crippen LogP contribution in [0.15, 0.2) is 22.7 Å². The number of ether oxygens (including phenoxy) is 1. The number of halogens is 2. The molecular weight excluding hydrogens is 314 g/mol. The molecule has 1 aliphatic rings. The summed E-state index contributed by atoms with van der Waals surface area (Å²) < 4.78 is 6.67. The van der Waals surface area contributed by atoms with Gasteiger partial charge in [-0.2, -0.15) is 0 Å². The van der Waals surface area contributed by atoms with Gasteiger partial charge in [0.25, 0.3) is 0 Å². The molecule has 1 aliphatic carbocycles. The minimum atomic E-state index is 0.675. The van der Waals surface area contributed by atoms with Gasteiger partial charge in [-0.1, -0.05) is 27.5 Å². The van der Waals surface area contributed by atoms with Crippen LogP contribution in [-0.2, 0) is 0 Å². The van der Waals surface area contributed by atoms with Crippen LogP contribution in [0, 0.1) is 0 Å². The molecule has 1 aromatic rings. The highest BCUT2D eigenvalue weighted by Crippen LogP contribution is 2.28. The Morgan fingerprint density at radius 1 is 1.28 bits per heavy atom. The molecule has 0 saturated heterocycles. The normalized spacial score (nSPS) is 14.8. The van der Waals surface area contributed by atoms with Crippen LogP contribution in [0.1, 0.15) is 32.1 Å². The fourth-order valence-corrected chi connectivity index (χ4v) is 2.28. The lowest BCUT2D eigenvalue weighted by Crippen LogP contribution is -2.17. The first-order valence-electron chi connectivity index (χ1n) is 6.57. The van der Waals surface area contributed by atoms with Crippen LogP contribution in [-0.4, -0.2) is 19.2 Å².